The van der Waals surface area contributed by atoms with Crippen molar-refractivity contribution in [1.29, 1.82) is 0 Å². The lowest BCUT2D eigenvalue weighted by Crippen LogP contribution is -2.22. The first-order chi connectivity index (χ1) is 11.3. The predicted molar refractivity (Wildman–Crippen MR) is 98.8 cm³/mol. The summed E-state index contributed by atoms with van der Waals surface area (Å²) in [6.07, 6.45) is 5.66. The van der Waals surface area contributed by atoms with Gasteiger partial charge in [0.1, 0.15) is 12.4 Å². The second kappa shape index (κ2) is 6.66. The van der Waals surface area contributed by atoms with Gasteiger partial charge in [-0.15, -0.1) is 0 Å². The zero-order valence-electron chi connectivity index (χ0n) is 14.5. The molecule has 0 spiro atoms. The van der Waals surface area contributed by atoms with Gasteiger partial charge in [0, 0.05) is 45.1 Å². The molecule has 0 N–H and O–H groups in total. The summed E-state index contributed by atoms with van der Waals surface area (Å²) in [6.45, 7) is 8.26. The van der Waals surface area contributed by atoms with E-state index in [-0.39, 0.29) is 5.28 Å². The number of halogens is 1. The van der Waals surface area contributed by atoms with Crippen molar-refractivity contribution >= 4 is 30.7 Å². The molecular weight excluding hydrogens is 342 g/mol. The molecule has 6 nitrogen and oxygen atoms in total. The molecule has 0 amide bonds. The van der Waals surface area contributed by atoms with E-state index < -0.39 is 8.07 Å². The highest BCUT2D eigenvalue weighted by Crippen LogP contribution is 2.27. The van der Waals surface area contributed by atoms with Crippen LogP contribution in [-0.2, 0) is 18.5 Å². The number of rotatable bonds is 6. The van der Waals surface area contributed by atoms with Gasteiger partial charge in [-0.3, -0.25) is 4.68 Å². The maximum absolute atomic E-state index is 6.13. The second-order valence-corrected chi connectivity index (χ2v) is 13.1. The Labute approximate surface area is 147 Å². The van der Waals surface area contributed by atoms with Crippen molar-refractivity contribution in [2.45, 2.75) is 32.4 Å². The smallest absolute Gasteiger partial charge is 0.224 e. The van der Waals surface area contributed by atoms with E-state index in [1.54, 1.807) is 10.9 Å². The van der Waals surface area contributed by atoms with Crippen LogP contribution in [0.3, 0.4) is 0 Å². The molecule has 0 unspecified atom stereocenters. The van der Waals surface area contributed by atoms with Crippen LogP contribution < -0.4 is 0 Å². The van der Waals surface area contributed by atoms with Gasteiger partial charge in [-0.05, 0) is 23.7 Å². The van der Waals surface area contributed by atoms with Gasteiger partial charge in [0.15, 0.2) is 0 Å². The number of fused-ring (bicyclic) bond motifs is 1. The third-order valence-electron chi connectivity index (χ3n) is 3.80. The van der Waals surface area contributed by atoms with E-state index in [0.717, 1.165) is 34.9 Å². The Morgan fingerprint density at radius 1 is 1.25 bits per heavy atom. The average molecular weight is 364 g/mol. The number of ether oxygens (including phenoxy) is 1. The highest BCUT2D eigenvalue weighted by atomic mass is 35.5. The van der Waals surface area contributed by atoms with Crippen LogP contribution in [0.5, 0.6) is 0 Å². The number of hydrogen-bond donors (Lipinski definition) is 0. The van der Waals surface area contributed by atoms with Crippen molar-refractivity contribution in [1.82, 2.24) is 24.3 Å². The van der Waals surface area contributed by atoms with Crippen molar-refractivity contribution in [3.63, 3.8) is 0 Å². The molecule has 8 heteroatoms. The van der Waals surface area contributed by atoms with Crippen LogP contribution in [0, 0.1) is 0 Å². The van der Waals surface area contributed by atoms with Crippen LogP contribution in [0.2, 0.25) is 31.0 Å². The molecule has 0 aromatic carbocycles. The lowest BCUT2D eigenvalue weighted by Gasteiger charge is -2.15. The van der Waals surface area contributed by atoms with E-state index in [0.29, 0.717) is 6.73 Å². The van der Waals surface area contributed by atoms with Crippen LogP contribution in [0.1, 0.15) is 0 Å². The molecule has 0 atom stereocenters. The molecule has 0 aliphatic carbocycles. The number of aromatic nitrogens is 5. The van der Waals surface area contributed by atoms with Gasteiger partial charge in [0.25, 0.3) is 0 Å². The Morgan fingerprint density at radius 2 is 2.04 bits per heavy atom. The van der Waals surface area contributed by atoms with E-state index >= 15 is 0 Å². The third kappa shape index (κ3) is 3.85. The molecule has 24 heavy (non-hydrogen) atoms. The maximum Gasteiger partial charge on any atom is 0.224 e. The van der Waals surface area contributed by atoms with Crippen LogP contribution in [0.15, 0.2) is 24.7 Å². The summed E-state index contributed by atoms with van der Waals surface area (Å²) >= 11 is 6.13. The Balaban J connectivity index is 1.85. The molecule has 0 aliphatic rings. The monoisotopic (exact) mass is 363 g/mol. The van der Waals surface area contributed by atoms with Crippen molar-refractivity contribution in [2.24, 2.45) is 7.05 Å². The van der Waals surface area contributed by atoms with Crippen molar-refractivity contribution < 1.29 is 4.74 Å². The summed E-state index contributed by atoms with van der Waals surface area (Å²) in [7, 11) is 0.793. The Morgan fingerprint density at radius 3 is 2.71 bits per heavy atom. The summed E-state index contributed by atoms with van der Waals surface area (Å²) < 4.78 is 9.54. The molecule has 0 bridgehead atoms. The standard InChI is InChI=1S/C16H22ClN5OSi/c1-21-10-12(9-18-21)14-13-5-6-22(15(13)20-16(17)19-14)11-23-7-8-24(2,3)4/h5-6,9-10H,7-8,11H2,1-4H3. The summed E-state index contributed by atoms with van der Waals surface area (Å²) in [5, 5.41) is 5.38. The minimum absolute atomic E-state index is 0.225. The molecule has 0 fully saturated rings. The molecular formula is C16H22ClN5OSi. The first-order valence-electron chi connectivity index (χ1n) is 7.93. The summed E-state index contributed by atoms with van der Waals surface area (Å²) in [5.74, 6) is 0. The third-order valence-corrected chi connectivity index (χ3v) is 5.67. The van der Waals surface area contributed by atoms with E-state index in [1.807, 2.05) is 30.1 Å². The fraction of sp³-hybridized carbons (Fsp3) is 0.438. The van der Waals surface area contributed by atoms with Gasteiger partial charge in [0.05, 0.1) is 11.9 Å². The van der Waals surface area contributed by atoms with Gasteiger partial charge < -0.3 is 9.30 Å². The quantitative estimate of drug-likeness (QED) is 0.379. The minimum atomic E-state index is -1.08. The number of nitrogens with zero attached hydrogens (tertiary/aromatic N) is 5. The first kappa shape index (κ1) is 17.1. The molecule has 0 saturated carbocycles. The highest BCUT2D eigenvalue weighted by molar-refractivity contribution is 6.76. The van der Waals surface area contributed by atoms with Crippen molar-refractivity contribution in [2.75, 3.05) is 6.61 Å². The van der Waals surface area contributed by atoms with E-state index in [9.17, 15) is 0 Å². The Kier molecular flexibility index (Phi) is 4.75. The lowest BCUT2D eigenvalue weighted by atomic mass is 10.2. The molecule has 0 aliphatic heterocycles. The lowest BCUT2D eigenvalue weighted by molar-refractivity contribution is 0.0899. The summed E-state index contributed by atoms with van der Waals surface area (Å²) in [4.78, 5) is 8.75. The van der Waals surface area contributed by atoms with E-state index in [1.165, 1.54) is 0 Å². The van der Waals surface area contributed by atoms with Gasteiger partial charge in [0.2, 0.25) is 5.28 Å². The topological polar surface area (TPSA) is 57.8 Å². The minimum Gasteiger partial charge on any atom is -0.361 e. The molecule has 128 valence electrons. The zero-order chi connectivity index (χ0) is 17.3. The average Bonchev–Trinajstić information content (AvgIpc) is 3.08. The molecule has 0 radical (unpaired) electrons. The largest absolute Gasteiger partial charge is 0.361 e. The molecule has 3 aromatic rings. The normalized spacial score (nSPS) is 12.2. The molecule has 0 saturated heterocycles. The first-order valence-corrected chi connectivity index (χ1v) is 12.0. The van der Waals surface area contributed by atoms with Crippen LogP contribution in [-0.4, -0.2) is 39.0 Å². The summed E-state index contributed by atoms with van der Waals surface area (Å²) in [5.41, 5.74) is 2.49. The van der Waals surface area contributed by atoms with E-state index in [2.05, 4.69) is 34.7 Å². The second-order valence-electron chi connectivity index (χ2n) is 7.11. The fourth-order valence-corrected chi connectivity index (χ4v) is 3.37. The predicted octanol–water partition coefficient (Wildman–Crippen LogP) is 3.80. The fourth-order valence-electron chi connectivity index (χ4n) is 2.45. The Bertz CT molecular complexity index is 852. The highest BCUT2D eigenvalue weighted by Gasteiger charge is 2.15. The SMILES string of the molecule is Cn1cc(-c2nc(Cl)nc3c2ccn3COCC[Si](C)(C)C)cn1. The van der Waals surface area contributed by atoms with Gasteiger partial charge in [-0.2, -0.15) is 10.1 Å². The van der Waals surface area contributed by atoms with Crippen LogP contribution in [0.4, 0.5) is 0 Å². The van der Waals surface area contributed by atoms with Crippen LogP contribution in [0.25, 0.3) is 22.3 Å². The van der Waals surface area contributed by atoms with Crippen molar-refractivity contribution in [3.05, 3.63) is 29.9 Å². The van der Waals surface area contributed by atoms with Crippen molar-refractivity contribution in [3.8, 4) is 11.3 Å². The Hall–Kier alpha value is -1.70. The number of aryl methyl sites for hydroxylation is 1. The molecule has 3 aromatic heterocycles. The zero-order valence-corrected chi connectivity index (χ0v) is 16.2. The van der Waals surface area contributed by atoms with E-state index in [4.69, 9.17) is 16.3 Å². The molecule has 3 heterocycles. The van der Waals surface area contributed by atoms with Crippen LogP contribution >= 0.6 is 11.6 Å². The summed E-state index contributed by atoms with van der Waals surface area (Å²) in [6, 6.07) is 3.14. The maximum atomic E-state index is 6.13. The number of hydrogen-bond acceptors (Lipinski definition) is 4. The molecule has 3 rings (SSSR count). The van der Waals surface area contributed by atoms with Gasteiger partial charge in [-0.1, -0.05) is 19.6 Å². The van der Waals surface area contributed by atoms with Gasteiger partial charge in [-0.25, -0.2) is 4.98 Å². The van der Waals surface area contributed by atoms with Gasteiger partial charge >= 0.3 is 0 Å².